The van der Waals surface area contributed by atoms with Gasteiger partial charge in [-0.1, -0.05) is 149 Å². The van der Waals surface area contributed by atoms with Gasteiger partial charge >= 0.3 is 0 Å². The van der Waals surface area contributed by atoms with Gasteiger partial charge in [-0.15, -0.1) is 0 Å². The average molecular weight is 741 g/mol. The van der Waals surface area contributed by atoms with Gasteiger partial charge in [0.15, 0.2) is 11.2 Å². The second kappa shape index (κ2) is 14.4. The van der Waals surface area contributed by atoms with E-state index in [1.54, 1.807) is 0 Å². The van der Waals surface area contributed by atoms with Crippen molar-refractivity contribution in [1.82, 2.24) is 9.80 Å². The summed E-state index contributed by atoms with van der Waals surface area (Å²) in [4.78, 5) is 4.87. The SMILES string of the molecule is CN(CCN(C)Cc1cc(C(C)(C)c2ccccc2)cc2c1OC2(C)c1ccccc1)Cc1cc(C(C)(C)c2ccccc2)cc2c1OC2(C)c1ccccc1. The van der Waals surface area contributed by atoms with Crippen LogP contribution in [0.1, 0.15) is 97.2 Å². The van der Waals surface area contributed by atoms with Crippen LogP contribution in [0.2, 0.25) is 0 Å². The van der Waals surface area contributed by atoms with Gasteiger partial charge in [-0.2, -0.15) is 0 Å². The van der Waals surface area contributed by atoms with E-state index in [1.165, 1.54) is 55.6 Å². The lowest BCUT2D eigenvalue weighted by atomic mass is 9.73. The predicted molar refractivity (Wildman–Crippen MR) is 230 cm³/mol. The van der Waals surface area contributed by atoms with Crippen LogP contribution in [0.5, 0.6) is 11.5 Å². The van der Waals surface area contributed by atoms with Crippen LogP contribution in [0.4, 0.5) is 0 Å². The van der Waals surface area contributed by atoms with Crippen molar-refractivity contribution in [3.05, 3.63) is 201 Å². The highest BCUT2D eigenvalue weighted by Gasteiger charge is 2.47. The van der Waals surface area contributed by atoms with E-state index in [0.717, 1.165) is 37.7 Å². The fourth-order valence-electron chi connectivity index (χ4n) is 8.78. The number of hydrogen-bond acceptors (Lipinski definition) is 4. The number of rotatable bonds is 13. The van der Waals surface area contributed by atoms with E-state index >= 15 is 0 Å². The lowest BCUT2D eigenvalue weighted by Gasteiger charge is -2.45. The lowest BCUT2D eigenvalue weighted by Crippen LogP contribution is -2.42. The van der Waals surface area contributed by atoms with Crippen molar-refractivity contribution in [2.45, 2.75) is 76.7 Å². The minimum atomic E-state index is -0.475. The summed E-state index contributed by atoms with van der Waals surface area (Å²) in [5, 5.41) is 0. The first-order chi connectivity index (χ1) is 26.8. The van der Waals surface area contributed by atoms with Crippen molar-refractivity contribution in [3.8, 4) is 11.5 Å². The van der Waals surface area contributed by atoms with Crippen LogP contribution in [-0.2, 0) is 35.1 Å². The van der Waals surface area contributed by atoms with E-state index in [0.29, 0.717) is 0 Å². The van der Waals surface area contributed by atoms with Gasteiger partial charge < -0.3 is 19.3 Å². The highest BCUT2D eigenvalue weighted by atomic mass is 16.5. The molecule has 0 N–H and O–H groups in total. The molecule has 4 heteroatoms. The molecule has 2 aliphatic heterocycles. The molecule has 0 saturated heterocycles. The molecule has 0 aliphatic carbocycles. The van der Waals surface area contributed by atoms with Crippen LogP contribution in [0.3, 0.4) is 0 Å². The number of likely N-dealkylation sites (N-methyl/N-ethyl adjacent to an activating group) is 2. The van der Waals surface area contributed by atoms with Crippen LogP contribution in [0, 0.1) is 0 Å². The first kappa shape index (κ1) is 37.7. The molecule has 6 aromatic rings. The third-order valence-electron chi connectivity index (χ3n) is 12.8. The van der Waals surface area contributed by atoms with E-state index in [-0.39, 0.29) is 10.8 Å². The van der Waals surface area contributed by atoms with Crippen LogP contribution in [0.15, 0.2) is 146 Å². The molecule has 6 aromatic carbocycles. The molecule has 2 unspecified atom stereocenters. The van der Waals surface area contributed by atoms with Gasteiger partial charge in [0.25, 0.3) is 0 Å². The van der Waals surface area contributed by atoms with Gasteiger partial charge in [-0.25, -0.2) is 0 Å². The summed E-state index contributed by atoms with van der Waals surface area (Å²) in [5.74, 6) is 2.06. The molecule has 0 saturated carbocycles. The van der Waals surface area contributed by atoms with E-state index < -0.39 is 11.2 Å². The van der Waals surface area contributed by atoms with E-state index in [2.05, 4.69) is 211 Å². The van der Waals surface area contributed by atoms with Crippen molar-refractivity contribution in [3.63, 3.8) is 0 Å². The Bertz CT molecular complexity index is 2150. The molecule has 0 radical (unpaired) electrons. The van der Waals surface area contributed by atoms with Gasteiger partial charge in [-0.05, 0) is 85.6 Å². The molecule has 286 valence electrons. The maximum absolute atomic E-state index is 6.77. The molecular weight excluding hydrogens is 685 g/mol. The van der Waals surface area contributed by atoms with Crippen LogP contribution < -0.4 is 9.47 Å². The zero-order chi connectivity index (χ0) is 39.3. The molecule has 0 fully saturated rings. The largest absolute Gasteiger partial charge is 0.477 e. The van der Waals surface area contributed by atoms with Gasteiger partial charge in [0, 0.05) is 59.3 Å². The standard InChI is InChI=1S/C52H56N2O2/c1-49(2,39-21-13-9-14-22-39)43-31-37(47-45(33-43)51(5,55-47)41-25-17-11-18-26-41)35-53(7)29-30-54(8)36-38-32-44(50(3,4)40-23-15-10-16-24-40)34-46-48(38)56-52(46,6)42-27-19-12-20-28-42/h9-28,31-34H,29-30,35-36H2,1-8H3. The Labute approximate surface area is 334 Å². The predicted octanol–water partition coefficient (Wildman–Crippen LogP) is 11.2. The Balaban J connectivity index is 1.04. The quantitative estimate of drug-likeness (QED) is 0.118. The fourth-order valence-corrected chi connectivity index (χ4v) is 8.78. The molecule has 2 atom stereocenters. The Morgan fingerprint density at radius 2 is 0.768 bits per heavy atom. The van der Waals surface area contributed by atoms with Crippen molar-refractivity contribution < 1.29 is 9.47 Å². The summed E-state index contributed by atoms with van der Waals surface area (Å²) in [7, 11) is 4.46. The van der Waals surface area contributed by atoms with Crippen molar-refractivity contribution in [1.29, 1.82) is 0 Å². The molecule has 4 nitrogen and oxygen atoms in total. The molecule has 0 spiro atoms. The molecule has 8 rings (SSSR count). The first-order valence-electron chi connectivity index (χ1n) is 20.1. The zero-order valence-electron chi connectivity index (χ0n) is 34.4. The zero-order valence-corrected chi connectivity index (χ0v) is 34.4. The van der Waals surface area contributed by atoms with E-state index in [1.807, 2.05) is 0 Å². The fraction of sp³-hybridized carbons (Fsp3) is 0.308. The molecule has 2 heterocycles. The van der Waals surface area contributed by atoms with Gasteiger partial charge in [-0.3, -0.25) is 0 Å². The van der Waals surface area contributed by atoms with E-state index in [4.69, 9.17) is 9.47 Å². The second-order valence-electron chi connectivity index (χ2n) is 17.5. The Morgan fingerprint density at radius 3 is 1.11 bits per heavy atom. The minimum Gasteiger partial charge on any atom is -0.477 e. The third kappa shape index (κ3) is 6.63. The van der Waals surface area contributed by atoms with Crippen LogP contribution in [-0.4, -0.2) is 37.0 Å². The summed E-state index contributed by atoms with van der Waals surface area (Å²) in [5.41, 5.74) is 11.3. The Hall–Kier alpha value is -5.16. The van der Waals surface area contributed by atoms with Crippen LogP contribution >= 0.6 is 0 Å². The molecule has 0 aromatic heterocycles. The van der Waals surface area contributed by atoms with Crippen molar-refractivity contribution >= 4 is 0 Å². The topological polar surface area (TPSA) is 24.9 Å². The first-order valence-corrected chi connectivity index (χ1v) is 20.1. The smallest absolute Gasteiger partial charge is 0.160 e. The number of benzene rings is 6. The molecule has 2 aliphatic rings. The van der Waals surface area contributed by atoms with Crippen LogP contribution in [0.25, 0.3) is 0 Å². The number of ether oxygens (including phenoxy) is 2. The van der Waals surface area contributed by atoms with Gasteiger partial charge in [0.1, 0.15) is 11.5 Å². The Morgan fingerprint density at radius 1 is 0.446 bits per heavy atom. The molecule has 0 amide bonds. The normalized spacial score (nSPS) is 18.7. The van der Waals surface area contributed by atoms with Gasteiger partial charge in [0.2, 0.25) is 0 Å². The molecular formula is C52H56N2O2. The Kier molecular flexibility index (Phi) is 9.71. The monoisotopic (exact) mass is 740 g/mol. The van der Waals surface area contributed by atoms with Gasteiger partial charge in [0.05, 0.1) is 0 Å². The number of nitrogens with zero attached hydrogens (tertiary/aromatic N) is 2. The summed E-state index contributed by atoms with van der Waals surface area (Å²) in [6.07, 6.45) is 0. The molecule has 56 heavy (non-hydrogen) atoms. The summed E-state index contributed by atoms with van der Waals surface area (Å²) < 4.78 is 13.5. The maximum Gasteiger partial charge on any atom is 0.160 e. The summed E-state index contributed by atoms with van der Waals surface area (Å²) in [6, 6.07) is 52.6. The maximum atomic E-state index is 6.77. The molecule has 0 bridgehead atoms. The van der Waals surface area contributed by atoms with Crippen molar-refractivity contribution in [2.24, 2.45) is 0 Å². The van der Waals surface area contributed by atoms with E-state index in [9.17, 15) is 0 Å². The average Bonchev–Trinajstić information content (AvgIpc) is 3.21. The highest BCUT2D eigenvalue weighted by Crippen LogP contribution is 2.53. The second-order valence-corrected chi connectivity index (χ2v) is 17.5. The highest BCUT2D eigenvalue weighted by molar-refractivity contribution is 5.61. The summed E-state index contributed by atoms with van der Waals surface area (Å²) in [6.45, 7) is 17.2. The lowest BCUT2D eigenvalue weighted by molar-refractivity contribution is 0.0693. The third-order valence-corrected chi connectivity index (χ3v) is 12.8. The van der Waals surface area contributed by atoms with Crippen molar-refractivity contribution in [2.75, 3.05) is 27.2 Å². The number of fused-ring (bicyclic) bond motifs is 2. The summed E-state index contributed by atoms with van der Waals surface area (Å²) >= 11 is 0. The minimum absolute atomic E-state index is 0.166. The number of hydrogen-bond donors (Lipinski definition) is 0.